The minimum Gasteiger partial charge on any atom is -0.309 e. The molecule has 0 aromatic carbocycles. The minimum absolute atomic E-state index is 0.00870. The number of fused-ring (bicyclic) bond motifs is 1. The summed E-state index contributed by atoms with van der Waals surface area (Å²) in [5.41, 5.74) is 0.670. The predicted molar refractivity (Wildman–Crippen MR) is 107 cm³/mol. The van der Waals surface area contributed by atoms with E-state index in [1.807, 2.05) is 18.7 Å². The first kappa shape index (κ1) is 17.0. The zero-order valence-electron chi connectivity index (χ0n) is 15.3. The number of thioether (sulfide) groups is 1. The van der Waals surface area contributed by atoms with Gasteiger partial charge in [0.15, 0.2) is 5.78 Å². The molecular formula is C20H24N2O2S2. The zero-order chi connectivity index (χ0) is 18.1. The Kier molecular flexibility index (Phi) is 3.87. The van der Waals surface area contributed by atoms with Gasteiger partial charge in [0, 0.05) is 4.75 Å². The molecule has 2 aromatic rings. The summed E-state index contributed by atoms with van der Waals surface area (Å²) in [7, 11) is 0. The van der Waals surface area contributed by atoms with E-state index in [-0.39, 0.29) is 11.3 Å². The molecule has 2 heterocycles. The molecule has 4 aliphatic rings. The number of Topliss-reactive ketones (excluding diaryl/α,β-unsaturated/α-hetero) is 1. The quantitative estimate of drug-likeness (QED) is 0.771. The molecule has 0 unspecified atom stereocenters. The molecule has 0 atom stereocenters. The van der Waals surface area contributed by atoms with Crippen LogP contribution in [-0.2, 0) is 5.75 Å². The molecule has 0 saturated heterocycles. The van der Waals surface area contributed by atoms with Crippen LogP contribution in [0.4, 0.5) is 0 Å². The van der Waals surface area contributed by atoms with Gasteiger partial charge in [-0.25, -0.2) is 4.98 Å². The van der Waals surface area contributed by atoms with E-state index in [4.69, 9.17) is 4.98 Å². The number of aromatic nitrogens is 2. The summed E-state index contributed by atoms with van der Waals surface area (Å²) in [6, 6.07) is 0. The van der Waals surface area contributed by atoms with E-state index in [1.54, 1.807) is 6.92 Å². The van der Waals surface area contributed by atoms with E-state index in [9.17, 15) is 9.59 Å². The lowest BCUT2D eigenvalue weighted by Gasteiger charge is -2.56. The summed E-state index contributed by atoms with van der Waals surface area (Å²) in [6.45, 7) is 3.39. The second-order valence-electron chi connectivity index (χ2n) is 8.69. The molecule has 4 aliphatic carbocycles. The molecule has 0 spiro atoms. The Bertz CT molecular complexity index is 923. The van der Waals surface area contributed by atoms with Crippen molar-refractivity contribution >= 4 is 39.1 Å². The van der Waals surface area contributed by atoms with E-state index >= 15 is 0 Å². The van der Waals surface area contributed by atoms with Gasteiger partial charge in [-0.3, -0.25) is 9.59 Å². The number of hydrogen-bond acceptors (Lipinski definition) is 5. The van der Waals surface area contributed by atoms with E-state index in [1.165, 1.54) is 49.9 Å². The highest BCUT2D eigenvalue weighted by molar-refractivity contribution is 7.99. The van der Waals surface area contributed by atoms with Gasteiger partial charge in [-0.1, -0.05) is 0 Å². The number of hydrogen-bond donors (Lipinski definition) is 1. The summed E-state index contributed by atoms with van der Waals surface area (Å²) >= 11 is 3.38. The second kappa shape index (κ2) is 5.93. The number of aryl methyl sites for hydroxylation is 1. The molecule has 2 aromatic heterocycles. The molecule has 4 nitrogen and oxygen atoms in total. The lowest BCUT2D eigenvalue weighted by molar-refractivity contribution is 0.0383. The average molecular weight is 389 g/mol. The summed E-state index contributed by atoms with van der Waals surface area (Å²) in [6.07, 6.45) is 8.39. The first-order chi connectivity index (χ1) is 12.4. The number of carbonyl (C=O) groups excluding carboxylic acids is 1. The van der Waals surface area contributed by atoms with Gasteiger partial charge in [0.05, 0.1) is 16.0 Å². The van der Waals surface area contributed by atoms with Crippen LogP contribution < -0.4 is 5.56 Å². The van der Waals surface area contributed by atoms with Gasteiger partial charge >= 0.3 is 0 Å². The van der Waals surface area contributed by atoms with Gasteiger partial charge in [-0.2, -0.15) is 0 Å². The predicted octanol–water partition coefficient (Wildman–Crippen LogP) is 4.70. The first-order valence-corrected chi connectivity index (χ1v) is 11.4. The monoisotopic (exact) mass is 388 g/mol. The van der Waals surface area contributed by atoms with Crippen LogP contribution in [0.5, 0.6) is 0 Å². The Balaban J connectivity index is 1.42. The number of nitrogens with zero attached hydrogens (tertiary/aromatic N) is 1. The van der Waals surface area contributed by atoms with Gasteiger partial charge in [0.2, 0.25) is 0 Å². The molecule has 4 saturated carbocycles. The van der Waals surface area contributed by atoms with Crippen LogP contribution in [0.25, 0.3) is 10.2 Å². The number of nitrogens with one attached hydrogen (secondary N) is 1. The van der Waals surface area contributed by atoms with Crippen molar-refractivity contribution in [2.24, 2.45) is 17.8 Å². The van der Waals surface area contributed by atoms with Crippen molar-refractivity contribution in [2.75, 3.05) is 0 Å². The maximum atomic E-state index is 12.6. The van der Waals surface area contributed by atoms with Crippen molar-refractivity contribution in [3.8, 4) is 0 Å². The third kappa shape index (κ3) is 2.68. The summed E-state index contributed by atoms with van der Waals surface area (Å²) in [5.74, 6) is 4.34. The molecular weight excluding hydrogens is 364 g/mol. The van der Waals surface area contributed by atoms with Gasteiger partial charge in [0.25, 0.3) is 5.56 Å². The van der Waals surface area contributed by atoms with Gasteiger partial charge in [0.1, 0.15) is 10.7 Å². The number of thiophene rings is 1. The maximum absolute atomic E-state index is 12.6. The molecule has 0 radical (unpaired) electrons. The lowest BCUT2D eigenvalue weighted by atomic mass is 9.56. The van der Waals surface area contributed by atoms with Crippen LogP contribution in [0, 0.1) is 24.7 Å². The standard InChI is InChI=1S/C20H24N2O2S2/c1-10-16-18(24)21-15(22-19(16)26-17(10)11(2)23)9-25-20-6-12-3-13(7-20)5-14(4-12)8-20/h12-14H,3-9H2,1-2H3,(H,21,22,24). The van der Waals surface area contributed by atoms with Crippen molar-refractivity contribution in [3.05, 3.63) is 26.6 Å². The van der Waals surface area contributed by atoms with Gasteiger partial charge in [-0.15, -0.1) is 23.1 Å². The number of rotatable bonds is 4. The highest BCUT2D eigenvalue weighted by Gasteiger charge is 2.51. The van der Waals surface area contributed by atoms with Crippen molar-refractivity contribution < 1.29 is 4.79 Å². The minimum atomic E-state index is -0.0997. The Morgan fingerprint density at radius 1 is 1.23 bits per heavy atom. The maximum Gasteiger partial charge on any atom is 0.259 e. The smallest absolute Gasteiger partial charge is 0.259 e. The largest absolute Gasteiger partial charge is 0.309 e. The molecule has 1 N–H and O–H groups in total. The Morgan fingerprint density at radius 3 is 2.42 bits per heavy atom. The second-order valence-corrected chi connectivity index (χ2v) is 11.1. The summed E-state index contributed by atoms with van der Waals surface area (Å²) in [4.78, 5) is 33.4. The fourth-order valence-corrected chi connectivity index (χ4v) is 8.76. The van der Waals surface area contributed by atoms with Crippen LogP contribution >= 0.6 is 23.1 Å². The third-order valence-corrected chi connectivity index (χ3v) is 9.48. The summed E-state index contributed by atoms with van der Waals surface area (Å²) < 4.78 is 0.415. The number of ketones is 1. The van der Waals surface area contributed by atoms with E-state index in [0.717, 1.165) is 34.9 Å². The Morgan fingerprint density at radius 2 is 1.85 bits per heavy atom. The number of aromatic amines is 1. The van der Waals surface area contributed by atoms with E-state index in [2.05, 4.69) is 4.98 Å². The zero-order valence-corrected chi connectivity index (χ0v) is 16.9. The fraction of sp³-hybridized carbons (Fsp3) is 0.650. The molecule has 0 aliphatic heterocycles. The normalized spacial score (nSPS) is 32.5. The topological polar surface area (TPSA) is 62.8 Å². The van der Waals surface area contributed by atoms with Gasteiger partial charge in [-0.05, 0) is 75.7 Å². The third-order valence-electron chi connectivity index (χ3n) is 6.67. The van der Waals surface area contributed by atoms with Crippen LogP contribution in [0.2, 0.25) is 0 Å². The van der Waals surface area contributed by atoms with E-state index < -0.39 is 0 Å². The highest BCUT2D eigenvalue weighted by atomic mass is 32.2. The molecule has 6 heteroatoms. The molecule has 4 fully saturated rings. The van der Waals surface area contributed by atoms with Crippen LogP contribution in [-0.4, -0.2) is 20.5 Å². The van der Waals surface area contributed by atoms with Crippen LogP contribution in [0.3, 0.4) is 0 Å². The number of carbonyl (C=O) groups is 1. The van der Waals surface area contributed by atoms with Gasteiger partial charge < -0.3 is 4.98 Å². The van der Waals surface area contributed by atoms with Crippen LogP contribution in [0.15, 0.2) is 4.79 Å². The van der Waals surface area contributed by atoms with E-state index in [0.29, 0.717) is 19.8 Å². The van der Waals surface area contributed by atoms with Crippen molar-refractivity contribution in [1.82, 2.24) is 9.97 Å². The molecule has 26 heavy (non-hydrogen) atoms. The molecule has 6 rings (SSSR count). The van der Waals surface area contributed by atoms with Crippen molar-refractivity contribution in [3.63, 3.8) is 0 Å². The fourth-order valence-electron chi connectivity index (χ4n) is 6.02. The Hall–Kier alpha value is -1.14. The van der Waals surface area contributed by atoms with Crippen molar-refractivity contribution in [2.45, 2.75) is 62.9 Å². The molecule has 0 amide bonds. The molecule has 4 bridgehead atoms. The molecule has 138 valence electrons. The Labute approximate surface area is 161 Å². The highest BCUT2D eigenvalue weighted by Crippen LogP contribution is 2.60. The SMILES string of the molecule is CC(=O)c1sc2nc(CSC34CC5CC(CC(C5)C3)C4)[nH]c(=O)c2c1C. The lowest BCUT2D eigenvalue weighted by Crippen LogP contribution is -2.48. The average Bonchev–Trinajstić information content (AvgIpc) is 2.89. The summed E-state index contributed by atoms with van der Waals surface area (Å²) in [5, 5.41) is 0.587. The number of H-pyrrole nitrogens is 1. The first-order valence-electron chi connectivity index (χ1n) is 9.59. The van der Waals surface area contributed by atoms with Crippen molar-refractivity contribution in [1.29, 1.82) is 0 Å². The van der Waals surface area contributed by atoms with Crippen LogP contribution in [0.1, 0.15) is 66.5 Å².